The Hall–Kier alpha value is -0.150. The number of hydrogen-bond donors (Lipinski definition) is 1. The van der Waals surface area contributed by atoms with Gasteiger partial charge in [0.25, 0.3) is 0 Å². The third-order valence-corrected chi connectivity index (χ3v) is 1.80. The minimum Gasteiger partial charge on any atom is -0.311 e. The van der Waals surface area contributed by atoms with Gasteiger partial charge in [0.1, 0.15) is 0 Å². The molecule has 1 fully saturated rings. The van der Waals surface area contributed by atoms with Gasteiger partial charge in [0, 0.05) is 26.2 Å². The lowest BCUT2D eigenvalue weighted by Crippen LogP contribution is -2.49. The highest BCUT2D eigenvalue weighted by atomic mass is 19.1. The quantitative estimate of drug-likeness (QED) is 0.574. The summed E-state index contributed by atoms with van der Waals surface area (Å²) >= 11 is 0. The van der Waals surface area contributed by atoms with Crippen LogP contribution >= 0.6 is 0 Å². The van der Waals surface area contributed by atoms with Gasteiger partial charge in [-0.3, -0.25) is 4.90 Å². The SMILES string of the molecule is CCCN1CCNCC1F. The molecule has 0 aromatic rings. The number of hydrogen-bond acceptors (Lipinski definition) is 2. The third kappa shape index (κ3) is 1.92. The van der Waals surface area contributed by atoms with E-state index >= 15 is 0 Å². The second kappa shape index (κ2) is 3.88. The highest BCUT2D eigenvalue weighted by Crippen LogP contribution is 2.03. The van der Waals surface area contributed by atoms with Crippen LogP contribution in [0.15, 0.2) is 0 Å². The monoisotopic (exact) mass is 146 g/mol. The maximum atomic E-state index is 12.9. The first kappa shape index (κ1) is 7.95. The molecule has 0 amide bonds. The van der Waals surface area contributed by atoms with Crippen LogP contribution in [-0.2, 0) is 0 Å². The first-order valence-corrected chi connectivity index (χ1v) is 3.93. The molecule has 1 aliphatic heterocycles. The molecule has 0 aromatic heterocycles. The smallest absolute Gasteiger partial charge is 0.166 e. The van der Waals surface area contributed by atoms with Gasteiger partial charge in [-0.2, -0.15) is 0 Å². The van der Waals surface area contributed by atoms with Crippen molar-refractivity contribution in [3.8, 4) is 0 Å². The van der Waals surface area contributed by atoms with E-state index in [1.54, 1.807) is 0 Å². The number of nitrogens with zero attached hydrogens (tertiary/aromatic N) is 1. The standard InChI is InChI=1S/C7H15FN2/c1-2-4-10-5-3-9-6-7(10)8/h7,9H,2-6H2,1H3. The van der Waals surface area contributed by atoms with Crippen molar-refractivity contribution in [1.82, 2.24) is 10.2 Å². The molecule has 0 radical (unpaired) electrons. The Morgan fingerprint density at radius 3 is 3.10 bits per heavy atom. The molecule has 10 heavy (non-hydrogen) atoms. The normalized spacial score (nSPS) is 28.8. The van der Waals surface area contributed by atoms with E-state index in [-0.39, 0.29) is 0 Å². The summed E-state index contributed by atoms with van der Waals surface area (Å²) in [6, 6.07) is 0. The zero-order chi connectivity index (χ0) is 7.40. The van der Waals surface area contributed by atoms with Crippen LogP contribution in [-0.4, -0.2) is 37.4 Å². The van der Waals surface area contributed by atoms with Gasteiger partial charge in [0.15, 0.2) is 6.30 Å². The second-order valence-corrected chi connectivity index (χ2v) is 2.67. The van der Waals surface area contributed by atoms with Crippen LogP contribution in [0, 0.1) is 0 Å². The van der Waals surface area contributed by atoms with Gasteiger partial charge in [-0.15, -0.1) is 0 Å². The molecule has 0 bridgehead atoms. The number of piperazine rings is 1. The van der Waals surface area contributed by atoms with Gasteiger partial charge in [0.05, 0.1) is 0 Å². The summed E-state index contributed by atoms with van der Waals surface area (Å²) in [5, 5.41) is 3.01. The predicted octanol–water partition coefficient (Wildman–Crippen LogP) is 0.597. The molecular weight excluding hydrogens is 131 g/mol. The van der Waals surface area contributed by atoms with E-state index < -0.39 is 6.30 Å². The second-order valence-electron chi connectivity index (χ2n) is 2.67. The van der Waals surface area contributed by atoms with E-state index in [0.717, 1.165) is 26.1 Å². The van der Waals surface area contributed by atoms with Crippen molar-refractivity contribution >= 4 is 0 Å². The number of rotatable bonds is 2. The molecule has 1 aliphatic rings. The molecule has 3 heteroatoms. The van der Waals surface area contributed by atoms with Crippen LogP contribution < -0.4 is 5.32 Å². The Balaban J connectivity index is 2.25. The van der Waals surface area contributed by atoms with E-state index in [4.69, 9.17) is 0 Å². The van der Waals surface area contributed by atoms with Gasteiger partial charge in [0.2, 0.25) is 0 Å². The van der Waals surface area contributed by atoms with Crippen LogP contribution in [0.4, 0.5) is 4.39 Å². The summed E-state index contributed by atoms with van der Waals surface area (Å²) in [7, 11) is 0. The Morgan fingerprint density at radius 1 is 1.70 bits per heavy atom. The zero-order valence-corrected chi connectivity index (χ0v) is 6.44. The average molecular weight is 146 g/mol. The van der Waals surface area contributed by atoms with E-state index in [0.29, 0.717) is 6.54 Å². The van der Waals surface area contributed by atoms with Crippen molar-refractivity contribution in [2.24, 2.45) is 0 Å². The van der Waals surface area contributed by atoms with Gasteiger partial charge in [-0.05, 0) is 6.42 Å². The molecule has 0 aliphatic carbocycles. The minimum absolute atomic E-state index is 0.500. The minimum atomic E-state index is -0.756. The lowest BCUT2D eigenvalue weighted by Gasteiger charge is -2.30. The Bertz CT molecular complexity index is 95.6. The summed E-state index contributed by atoms with van der Waals surface area (Å²) in [4.78, 5) is 1.89. The fraction of sp³-hybridized carbons (Fsp3) is 1.00. The Morgan fingerprint density at radius 2 is 2.50 bits per heavy atom. The van der Waals surface area contributed by atoms with Crippen molar-refractivity contribution in [1.29, 1.82) is 0 Å². The first-order valence-electron chi connectivity index (χ1n) is 3.93. The third-order valence-electron chi connectivity index (χ3n) is 1.80. The van der Waals surface area contributed by atoms with Crippen molar-refractivity contribution in [3.63, 3.8) is 0 Å². The van der Waals surface area contributed by atoms with Gasteiger partial charge in [-0.1, -0.05) is 6.92 Å². The summed E-state index contributed by atoms with van der Waals surface area (Å²) in [6.45, 7) is 5.26. The van der Waals surface area contributed by atoms with Crippen molar-refractivity contribution in [2.75, 3.05) is 26.2 Å². The maximum absolute atomic E-state index is 12.9. The Kier molecular flexibility index (Phi) is 3.09. The molecule has 1 saturated heterocycles. The fourth-order valence-electron chi connectivity index (χ4n) is 1.25. The van der Waals surface area contributed by atoms with Crippen LogP contribution in [0.5, 0.6) is 0 Å². The lowest BCUT2D eigenvalue weighted by atomic mass is 10.3. The molecule has 1 N–H and O–H groups in total. The molecule has 1 atom stereocenters. The molecular formula is C7H15FN2. The zero-order valence-electron chi connectivity index (χ0n) is 6.44. The van der Waals surface area contributed by atoms with E-state index in [1.807, 2.05) is 4.90 Å². The largest absolute Gasteiger partial charge is 0.311 e. The van der Waals surface area contributed by atoms with Crippen molar-refractivity contribution < 1.29 is 4.39 Å². The molecule has 0 aromatic carbocycles. The van der Waals surface area contributed by atoms with Crippen LogP contribution in [0.1, 0.15) is 13.3 Å². The summed E-state index contributed by atoms with van der Waals surface area (Å²) in [5.74, 6) is 0. The van der Waals surface area contributed by atoms with Crippen molar-refractivity contribution in [2.45, 2.75) is 19.6 Å². The van der Waals surface area contributed by atoms with E-state index in [1.165, 1.54) is 0 Å². The molecule has 1 heterocycles. The van der Waals surface area contributed by atoms with Gasteiger partial charge >= 0.3 is 0 Å². The molecule has 0 saturated carbocycles. The topological polar surface area (TPSA) is 15.3 Å². The number of nitrogens with one attached hydrogen (secondary N) is 1. The average Bonchev–Trinajstić information content (AvgIpc) is 1.94. The number of halogens is 1. The van der Waals surface area contributed by atoms with Crippen LogP contribution in [0.25, 0.3) is 0 Å². The highest BCUT2D eigenvalue weighted by Gasteiger charge is 2.19. The number of alkyl halides is 1. The highest BCUT2D eigenvalue weighted by molar-refractivity contribution is 4.70. The molecule has 1 rings (SSSR count). The van der Waals surface area contributed by atoms with Crippen molar-refractivity contribution in [3.05, 3.63) is 0 Å². The van der Waals surface area contributed by atoms with E-state index in [9.17, 15) is 4.39 Å². The van der Waals surface area contributed by atoms with Crippen LogP contribution in [0.3, 0.4) is 0 Å². The summed E-state index contributed by atoms with van der Waals surface area (Å²) < 4.78 is 12.9. The molecule has 60 valence electrons. The molecule has 0 spiro atoms. The maximum Gasteiger partial charge on any atom is 0.166 e. The van der Waals surface area contributed by atoms with Crippen LogP contribution in [0.2, 0.25) is 0 Å². The van der Waals surface area contributed by atoms with Gasteiger partial charge < -0.3 is 5.32 Å². The lowest BCUT2D eigenvalue weighted by molar-refractivity contribution is 0.0592. The predicted molar refractivity (Wildman–Crippen MR) is 39.6 cm³/mol. The molecule has 1 unspecified atom stereocenters. The first-order chi connectivity index (χ1) is 4.84. The summed E-state index contributed by atoms with van der Waals surface area (Å²) in [6.07, 6.45) is 0.286. The Labute approximate surface area is 61.4 Å². The molecule has 2 nitrogen and oxygen atoms in total. The fourth-order valence-corrected chi connectivity index (χ4v) is 1.25. The van der Waals surface area contributed by atoms with E-state index in [2.05, 4.69) is 12.2 Å². The van der Waals surface area contributed by atoms with Gasteiger partial charge in [-0.25, -0.2) is 4.39 Å². The summed E-state index contributed by atoms with van der Waals surface area (Å²) in [5.41, 5.74) is 0.